The molecule has 0 saturated heterocycles. The zero-order chi connectivity index (χ0) is 17.9. The molecule has 0 spiro atoms. The van der Waals surface area contributed by atoms with Gasteiger partial charge in [0.05, 0.1) is 6.54 Å². The van der Waals surface area contributed by atoms with Crippen LogP contribution >= 0.6 is 0 Å². The summed E-state index contributed by atoms with van der Waals surface area (Å²) in [5.74, 6) is 0.564. The molecule has 0 saturated carbocycles. The lowest BCUT2D eigenvalue weighted by molar-refractivity contribution is 0.0941. The van der Waals surface area contributed by atoms with Gasteiger partial charge in [0, 0.05) is 23.1 Å². The van der Waals surface area contributed by atoms with Crippen LogP contribution in [0.3, 0.4) is 0 Å². The summed E-state index contributed by atoms with van der Waals surface area (Å²) >= 11 is 0. The van der Waals surface area contributed by atoms with E-state index in [9.17, 15) is 4.79 Å². The molecule has 4 rings (SSSR count). The van der Waals surface area contributed by atoms with Crippen molar-refractivity contribution in [2.24, 2.45) is 0 Å². The van der Waals surface area contributed by atoms with E-state index in [2.05, 4.69) is 15.5 Å². The normalized spacial score (nSPS) is 11.0. The number of hydrogen-bond donors (Lipinski definition) is 1. The molecule has 0 radical (unpaired) electrons. The molecule has 0 aliphatic heterocycles. The second kappa shape index (κ2) is 6.84. The van der Waals surface area contributed by atoms with Crippen molar-refractivity contribution < 1.29 is 4.79 Å². The van der Waals surface area contributed by atoms with Crippen LogP contribution < -0.4 is 5.32 Å². The van der Waals surface area contributed by atoms with Gasteiger partial charge in [-0.15, -0.1) is 10.2 Å². The summed E-state index contributed by atoms with van der Waals surface area (Å²) in [6.45, 7) is 3.07. The molecule has 6 nitrogen and oxygen atoms in total. The maximum atomic E-state index is 12.7. The van der Waals surface area contributed by atoms with Crippen LogP contribution in [0.4, 0.5) is 0 Å². The van der Waals surface area contributed by atoms with Crippen molar-refractivity contribution in [2.45, 2.75) is 20.0 Å². The van der Waals surface area contributed by atoms with E-state index in [0.29, 0.717) is 18.1 Å². The molecule has 26 heavy (non-hydrogen) atoms. The van der Waals surface area contributed by atoms with E-state index in [0.717, 1.165) is 23.1 Å². The van der Waals surface area contributed by atoms with Gasteiger partial charge in [0.1, 0.15) is 12.0 Å². The van der Waals surface area contributed by atoms with E-state index in [4.69, 9.17) is 0 Å². The van der Waals surface area contributed by atoms with Crippen molar-refractivity contribution in [3.63, 3.8) is 0 Å². The third kappa shape index (κ3) is 2.86. The monoisotopic (exact) mass is 345 g/mol. The minimum absolute atomic E-state index is 0.120. The van der Waals surface area contributed by atoms with Crippen molar-refractivity contribution in [3.05, 3.63) is 78.5 Å². The van der Waals surface area contributed by atoms with E-state index >= 15 is 0 Å². The van der Waals surface area contributed by atoms with E-state index in [1.807, 2.05) is 76.7 Å². The van der Waals surface area contributed by atoms with Crippen molar-refractivity contribution in [2.75, 3.05) is 0 Å². The minimum Gasteiger partial charge on any atom is -0.343 e. The first-order valence-corrected chi connectivity index (χ1v) is 8.58. The van der Waals surface area contributed by atoms with Crippen molar-refractivity contribution in [1.82, 2.24) is 24.6 Å². The predicted molar refractivity (Wildman–Crippen MR) is 100 cm³/mol. The first-order valence-electron chi connectivity index (χ1n) is 8.58. The van der Waals surface area contributed by atoms with Crippen molar-refractivity contribution in [1.29, 1.82) is 0 Å². The molecule has 0 unspecified atom stereocenters. The van der Waals surface area contributed by atoms with Gasteiger partial charge < -0.3 is 9.88 Å². The SMILES string of the molecule is CCn1c(C(=O)NCc2nncn2-c2ccccc2)cc2ccccc21. The first kappa shape index (κ1) is 16.1. The first-order chi connectivity index (χ1) is 12.8. The fourth-order valence-electron chi connectivity index (χ4n) is 3.17. The van der Waals surface area contributed by atoms with Gasteiger partial charge in [-0.2, -0.15) is 0 Å². The molecular weight excluding hydrogens is 326 g/mol. The molecule has 1 N–H and O–H groups in total. The van der Waals surface area contributed by atoms with Crippen LogP contribution in [0.2, 0.25) is 0 Å². The Morgan fingerprint density at radius 1 is 1.08 bits per heavy atom. The van der Waals surface area contributed by atoms with Crippen LogP contribution in [0.15, 0.2) is 67.0 Å². The van der Waals surface area contributed by atoms with Gasteiger partial charge in [0.15, 0.2) is 5.82 Å². The predicted octanol–water partition coefficient (Wildman–Crippen LogP) is 3.17. The number of fused-ring (bicyclic) bond motifs is 1. The molecule has 0 aliphatic rings. The average molecular weight is 345 g/mol. The Balaban J connectivity index is 1.57. The van der Waals surface area contributed by atoms with Gasteiger partial charge in [-0.1, -0.05) is 36.4 Å². The smallest absolute Gasteiger partial charge is 0.268 e. The second-order valence-corrected chi connectivity index (χ2v) is 5.97. The van der Waals surface area contributed by atoms with Crippen LogP contribution in [-0.4, -0.2) is 25.2 Å². The molecule has 0 bridgehead atoms. The fraction of sp³-hybridized carbons (Fsp3) is 0.150. The highest BCUT2D eigenvalue weighted by molar-refractivity contribution is 5.98. The third-order valence-electron chi connectivity index (χ3n) is 4.42. The van der Waals surface area contributed by atoms with Crippen molar-refractivity contribution in [3.8, 4) is 5.69 Å². The molecule has 6 heteroatoms. The summed E-state index contributed by atoms with van der Waals surface area (Å²) < 4.78 is 3.89. The average Bonchev–Trinajstić information content (AvgIpc) is 3.31. The van der Waals surface area contributed by atoms with Gasteiger partial charge in [-0.25, -0.2) is 0 Å². The number of carbonyl (C=O) groups excluding carboxylic acids is 1. The topological polar surface area (TPSA) is 64.7 Å². The standard InChI is InChI=1S/C20H19N5O/c1-2-24-17-11-7-6-8-15(17)12-18(24)20(26)21-13-19-23-22-14-25(19)16-9-4-3-5-10-16/h3-12,14H,2,13H2,1H3,(H,21,26). The number of nitrogens with one attached hydrogen (secondary N) is 1. The van der Waals surface area contributed by atoms with Gasteiger partial charge >= 0.3 is 0 Å². The molecule has 2 aromatic carbocycles. The van der Waals surface area contributed by atoms with Gasteiger partial charge in [0.25, 0.3) is 5.91 Å². The minimum atomic E-state index is -0.120. The lowest BCUT2D eigenvalue weighted by atomic mass is 10.2. The Labute approximate surface area is 151 Å². The highest BCUT2D eigenvalue weighted by Gasteiger charge is 2.15. The summed E-state index contributed by atoms with van der Waals surface area (Å²) in [5.41, 5.74) is 2.68. The maximum absolute atomic E-state index is 12.7. The quantitative estimate of drug-likeness (QED) is 0.604. The lowest BCUT2D eigenvalue weighted by Crippen LogP contribution is -2.26. The molecular formula is C20H19N5O. The van der Waals surface area contributed by atoms with E-state index in [1.165, 1.54) is 0 Å². The Morgan fingerprint density at radius 3 is 2.65 bits per heavy atom. The van der Waals surface area contributed by atoms with Crippen LogP contribution in [0, 0.1) is 0 Å². The van der Waals surface area contributed by atoms with Crippen LogP contribution in [0.1, 0.15) is 23.2 Å². The number of para-hydroxylation sites is 2. The molecule has 130 valence electrons. The Morgan fingerprint density at radius 2 is 1.85 bits per heavy atom. The Bertz CT molecular complexity index is 1050. The summed E-state index contributed by atoms with van der Waals surface area (Å²) in [4.78, 5) is 12.7. The molecule has 1 amide bonds. The maximum Gasteiger partial charge on any atom is 0.268 e. The summed E-state index contributed by atoms with van der Waals surface area (Å²) in [5, 5.41) is 12.1. The lowest BCUT2D eigenvalue weighted by Gasteiger charge is -2.10. The van der Waals surface area contributed by atoms with E-state index in [1.54, 1.807) is 6.33 Å². The number of rotatable bonds is 5. The summed E-state index contributed by atoms with van der Waals surface area (Å²) in [6.07, 6.45) is 1.65. The number of aryl methyl sites for hydroxylation is 1. The van der Waals surface area contributed by atoms with Gasteiger partial charge in [0.2, 0.25) is 0 Å². The summed E-state index contributed by atoms with van der Waals surface area (Å²) in [7, 11) is 0. The third-order valence-corrected chi connectivity index (χ3v) is 4.42. The van der Waals surface area contributed by atoms with Gasteiger partial charge in [-0.05, 0) is 31.2 Å². The highest BCUT2D eigenvalue weighted by Crippen LogP contribution is 2.20. The molecule has 4 aromatic rings. The number of hydrogen-bond acceptors (Lipinski definition) is 3. The second-order valence-electron chi connectivity index (χ2n) is 5.97. The van der Waals surface area contributed by atoms with Crippen LogP contribution in [0.25, 0.3) is 16.6 Å². The number of nitrogens with zero attached hydrogens (tertiary/aromatic N) is 4. The highest BCUT2D eigenvalue weighted by atomic mass is 16.1. The Kier molecular flexibility index (Phi) is 4.23. The fourth-order valence-corrected chi connectivity index (χ4v) is 3.17. The molecule has 0 atom stereocenters. The zero-order valence-corrected chi connectivity index (χ0v) is 14.5. The number of amides is 1. The van der Waals surface area contributed by atoms with Gasteiger partial charge in [-0.3, -0.25) is 9.36 Å². The Hall–Kier alpha value is -3.41. The summed E-state index contributed by atoms with van der Waals surface area (Å²) in [6, 6.07) is 19.8. The van der Waals surface area contributed by atoms with Crippen molar-refractivity contribution >= 4 is 16.8 Å². The number of carbonyl (C=O) groups is 1. The van der Waals surface area contributed by atoms with Crippen LogP contribution in [-0.2, 0) is 13.1 Å². The number of benzene rings is 2. The molecule has 0 aliphatic carbocycles. The van der Waals surface area contributed by atoms with E-state index in [-0.39, 0.29) is 5.91 Å². The zero-order valence-electron chi connectivity index (χ0n) is 14.5. The number of aromatic nitrogens is 4. The van der Waals surface area contributed by atoms with Crippen LogP contribution in [0.5, 0.6) is 0 Å². The largest absolute Gasteiger partial charge is 0.343 e. The molecule has 0 fully saturated rings. The van der Waals surface area contributed by atoms with E-state index < -0.39 is 0 Å². The molecule has 2 heterocycles. The molecule has 2 aromatic heterocycles.